The summed E-state index contributed by atoms with van der Waals surface area (Å²) >= 11 is 0. The highest BCUT2D eigenvalue weighted by Crippen LogP contribution is 2.17. The molecule has 0 spiro atoms. The van der Waals surface area contributed by atoms with Crippen LogP contribution < -0.4 is 0 Å². The van der Waals surface area contributed by atoms with Crippen LogP contribution in [0.4, 0.5) is 0 Å². The predicted molar refractivity (Wildman–Crippen MR) is 45.4 cm³/mol. The predicted octanol–water partition coefficient (Wildman–Crippen LogP) is 1.00. The average molecular weight is 151 g/mol. The van der Waals surface area contributed by atoms with E-state index in [-0.39, 0.29) is 0 Å². The smallest absolute Gasteiger partial charge is 0.150 e. The second kappa shape index (κ2) is 3.49. The maximum atomic E-state index is 10.5. The molecule has 11 heavy (non-hydrogen) atoms. The standard InChI is InChI=1S/C9H13NO/c1-10(2)6-8-4-3-5-9(8)7-11/h4-5,7H,3,6H2,1-2H3. The fourth-order valence-electron chi connectivity index (χ4n) is 1.20. The summed E-state index contributed by atoms with van der Waals surface area (Å²) in [6, 6.07) is 0. The van der Waals surface area contributed by atoms with Gasteiger partial charge < -0.3 is 4.90 Å². The van der Waals surface area contributed by atoms with Crippen molar-refractivity contribution in [2.75, 3.05) is 20.6 Å². The minimum atomic E-state index is 0.860. The lowest BCUT2D eigenvalue weighted by Gasteiger charge is -2.10. The van der Waals surface area contributed by atoms with E-state index in [0.717, 1.165) is 30.4 Å². The van der Waals surface area contributed by atoms with Gasteiger partial charge in [-0.05, 0) is 26.1 Å². The summed E-state index contributed by atoms with van der Waals surface area (Å²) < 4.78 is 0. The summed E-state index contributed by atoms with van der Waals surface area (Å²) in [5.41, 5.74) is 2.02. The van der Waals surface area contributed by atoms with Crippen LogP contribution in [0.5, 0.6) is 0 Å². The zero-order chi connectivity index (χ0) is 8.27. The molecule has 1 rings (SSSR count). The molecule has 0 bridgehead atoms. The first kappa shape index (κ1) is 8.21. The zero-order valence-corrected chi connectivity index (χ0v) is 7.00. The van der Waals surface area contributed by atoms with Crippen molar-refractivity contribution in [1.82, 2.24) is 4.90 Å². The maximum absolute atomic E-state index is 10.5. The molecule has 0 aliphatic heterocycles. The van der Waals surface area contributed by atoms with E-state index < -0.39 is 0 Å². The van der Waals surface area contributed by atoms with E-state index in [1.807, 2.05) is 20.2 Å². The van der Waals surface area contributed by atoms with Crippen LogP contribution in [0.1, 0.15) is 6.42 Å². The maximum Gasteiger partial charge on any atom is 0.150 e. The van der Waals surface area contributed by atoms with Crippen LogP contribution in [0.25, 0.3) is 0 Å². The fraction of sp³-hybridized carbons (Fsp3) is 0.444. The Morgan fingerprint density at radius 3 is 2.82 bits per heavy atom. The molecule has 0 atom stereocenters. The molecule has 0 saturated carbocycles. The molecule has 0 radical (unpaired) electrons. The molecule has 0 unspecified atom stereocenters. The molecule has 2 nitrogen and oxygen atoms in total. The molecule has 0 amide bonds. The van der Waals surface area contributed by atoms with Crippen LogP contribution >= 0.6 is 0 Å². The Balaban J connectivity index is 2.59. The third kappa shape index (κ3) is 2.02. The Kier molecular flexibility index (Phi) is 2.60. The minimum absolute atomic E-state index is 0.860. The van der Waals surface area contributed by atoms with Gasteiger partial charge >= 0.3 is 0 Å². The minimum Gasteiger partial charge on any atom is -0.305 e. The van der Waals surface area contributed by atoms with E-state index in [4.69, 9.17) is 0 Å². The van der Waals surface area contributed by atoms with Crippen LogP contribution in [0.3, 0.4) is 0 Å². The van der Waals surface area contributed by atoms with Crippen molar-refractivity contribution in [1.29, 1.82) is 0 Å². The van der Waals surface area contributed by atoms with Gasteiger partial charge in [0.2, 0.25) is 0 Å². The number of carbonyl (C=O) groups excluding carboxylic acids is 1. The Morgan fingerprint density at radius 1 is 1.55 bits per heavy atom. The highest BCUT2D eigenvalue weighted by atomic mass is 16.1. The number of nitrogens with zero attached hydrogens (tertiary/aromatic N) is 1. The van der Waals surface area contributed by atoms with Gasteiger partial charge in [-0.15, -0.1) is 0 Å². The summed E-state index contributed by atoms with van der Waals surface area (Å²) in [6.45, 7) is 0.866. The molecule has 2 heteroatoms. The molecule has 0 N–H and O–H groups in total. The topological polar surface area (TPSA) is 20.3 Å². The second-order valence-corrected chi connectivity index (χ2v) is 2.98. The third-order valence-electron chi connectivity index (χ3n) is 1.69. The number of carbonyl (C=O) groups is 1. The van der Waals surface area contributed by atoms with Crippen molar-refractivity contribution in [2.24, 2.45) is 0 Å². The summed E-state index contributed by atoms with van der Waals surface area (Å²) in [4.78, 5) is 12.5. The van der Waals surface area contributed by atoms with Crippen LogP contribution in [0, 0.1) is 0 Å². The van der Waals surface area contributed by atoms with Gasteiger partial charge in [-0.3, -0.25) is 4.79 Å². The van der Waals surface area contributed by atoms with Crippen molar-refractivity contribution in [2.45, 2.75) is 6.42 Å². The summed E-state index contributed by atoms with van der Waals surface area (Å²) in [6.07, 6.45) is 5.91. The van der Waals surface area contributed by atoms with Crippen molar-refractivity contribution in [3.8, 4) is 0 Å². The normalized spacial score (nSPS) is 16.6. The molecular weight excluding hydrogens is 138 g/mol. The van der Waals surface area contributed by atoms with Gasteiger partial charge in [0.15, 0.2) is 0 Å². The molecule has 0 aromatic heterocycles. The van der Waals surface area contributed by atoms with Crippen LogP contribution in [0.2, 0.25) is 0 Å². The van der Waals surface area contributed by atoms with Gasteiger partial charge in [0.05, 0.1) is 0 Å². The van der Waals surface area contributed by atoms with Crippen molar-refractivity contribution < 1.29 is 4.79 Å². The molecule has 0 aromatic carbocycles. The number of allylic oxidation sites excluding steroid dienone is 2. The number of hydrogen-bond acceptors (Lipinski definition) is 2. The van der Waals surface area contributed by atoms with Gasteiger partial charge in [-0.25, -0.2) is 0 Å². The number of aldehydes is 1. The van der Waals surface area contributed by atoms with Gasteiger partial charge in [0.1, 0.15) is 6.29 Å². The zero-order valence-electron chi connectivity index (χ0n) is 7.00. The van der Waals surface area contributed by atoms with E-state index in [9.17, 15) is 4.79 Å². The molecular formula is C9H13NO. The largest absolute Gasteiger partial charge is 0.305 e. The average Bonchev–Trinajstić information content (AvgIpc) is 2.34. The fourth-order valence-corrected chi connectivity index (χ4v) is 1.20. The van der Waals surface area contributed by atoms with Gasteiger partial charge in [-0.2, -0.15) is 0 Å². The van der Waals surface area contributed by atoms with Gasteiger partial charge in [-0.1, -0.05) is 12.2 Å². The molecule has 1 aliphatic carbocycles. The Labute approximate surface area is 67.2 Å². The van der Waals surface area contributed by atoms with Crippen LogP contribution in [-0.2, 0) is 4.79 Å². The lowest BCUT2D eigenvalue weighted by atomic mass is 10.1. The lowest BCUT2D eigenvalue weighted by molar-refractivity contribution is -0.104. The number of likely N-dealkylation sites (N-methyl/N-ethyl adjacent to an activating group) is 1. The Morgan fingerprint density at radius 2 is 2.27 bits per heavy atom. The van der Waals surface area contributed by atoms with Gasteiger partial charge in [0, 0.05) is 12.1 Å². The van der Waals surface area contributed by atoms with E-state index in [0.29, 0.717) is 0 Å². The summed E-state index contributed by atoms with van der Waals surface area (Å²) in [5.74, 6) is 0. The summed E-state index contributed by atoms with van der Waals surface area (Å²) in [7, 11) is 4.00. The first-order valence-electron chi connectivity index (χ1n) is 3.73. The van der Waals surface area contributed by atoms with Crippen molar-refractivity contribution in [3.63, 3.8) is 0 Å². The SMILES string of the molecule is CN(C)CC1=CCC=C1C=O. The van der Waals surface area contributed by atoms with E-state index >= 15 is 0 Å². The number of rotatable bonds is 3. The van der Waals surface area contributed by atoms with Crippen molar-refractivity contribution >= 4 is 6.29 Å². The van der Waals surface area contributed by atoms with Crippen LogP contribution in [0.15, 0.2) is 23.3 Å². The monoisotopic (exact) mass is 151 g/mol. The van der Waals surface area contributed by atoms with E-state index in [2.05, 4.69) is 11.0 Å². The summed E-state index contributed by atoms with van der Waals surface area (Å²) in [5, 5.41) is 0. The first-order valence-corrected chi connectivity index (χ1v) is 3.73. The van der Waals surface area contributed by atoms with E-state index in [1.54, 1.807) is 0 Å². The lowest BCUT2D eigenvalue weighted by Crippen LogP contribution is -2.15. The van der Waals surface area contributed by atoms with Gasteiger partial charge in [0.25, 0.3) is 0 Å². The Bertz CT molecular complexity index is 214. The molecule has 60 valence electrons. The molecule has 0 fully saturated rings. The Hall–Kier alpha value is -0.890. The molecule has 0 aromatic rings. The third-order valence-corrected chi connectivity index (χ3v) is 1.69. The molecule has 0 saturated heterocycles. The van der Waals surface area contributed by atoms with E-state index in [1.165, 1.54) is 0 Å². The van der Waals surface area contributed by atoms with Crippen molar-refractivity contribution in [3.05, 3.63) is 23.3 Å². The highest BCUT2D eigenvalue weighted by molar-refractivity contribution is 5.81. The highest BCUT2D eigenvalue weighted by Gasteiger charge is 2.08. The van der Waals surface area contributed by atoms with Crippen LogP contribution in [-0.4, -0.2) is 31.8 Å². The quantitative estimate of drug-likeness (QED) is 0.561. The first-order chi connectivity index (χ1) is 5.24. The molecule has 1 aliphatic rings. The molecule has 0 heterocycles. The number of hydrogen-bond donors (Lipinski definition) is 0. The second-order valence-electron chi connectivity index (χ2n) is 2.98.